The van der Waals surface area contributed by atoms with Gasteiger partial charge in [-0.2, -0.15) is 9.97 Å². The molecule has 230 valence electrons. The number of amides is 1. The molecule has 0 bridgehead atoms. The van der Waals surface area contributed by atoms with Gasteiger partial charge in [-0.1, -0.05) is 42.5 Å². The molecular formula is C33H46N8O2. The number of benzene rings is 1. The van der Waals surface area contributed by atoms with Crippen LogP contribution in [0.1, 0.15) is 83.7 Å². The number of aromatic nitrogens is 4. The number of alkyl carbamates (subject to hydrolysis) is 1. The van der Waals surface area contributed by atoms with Crippen molar-refractivity contribution in [3.63, 3.8) is 0 Å². The zero-order valence-electron chi connectivity index (χ0n) is 25.8. The molecule has 0 spiro atoms. The highest BCUT2D eigenvalue weighted by molar-refractivity contribution is 5.84. The number of ether oxygens (including phenoxy) is 1. The Morgan fingerprint density at radius 2 is 1.65 bits per heavy atom. The van der Waals surface area contributed by atoms with Gasteiger partial charge in [-0.05, 0) is 77.7 Å². The van der Waals surface area contributed by atoms with Gasteiger partial charge in [-0.3, -0.25) is 4.90 Å². The van der Waals surface area contributed by atoms with E-state index in [0.29, 0.717) is 12.0 Å². The molecule has 6 rings (SSSR count). The second-order valence-corrected chi connectivity index (χ2v) is 13.3. The Balaban J connectivity index is 1.12. The molecule has 2 fully saturated rings. The number of carbonyl (C=O) groups excluding carboxylic acids is 1. The van der Waals surface area contributed by atoms with Gasteiger partial charge in [0.15, 0.2) is 17.0 Å². The molecule has 1 saturated heterocycles. The molecule has 1 atom stereocenters. The first-order valence-electron chi connectivity index (χ1n) is 16.0. The van der Waals surface area contributed by atoms with Gasteiger partial charge in [-0.15, -0.1) is 0 Å². The van der Waals surface area contributed by atoms with Crippen molar-refractivity contribution in [2.75, 3.05) is 23.7 Å². The zero-order valence-corrected chi connectivity index (χ0v) is 25.8. The van der Waals surface area contributed by atoms with Crippen molar-refractivity contribution < 1.29 is 9.53 Å². The van der Waals surface area contributed by atoms with Crippen molar-refractivity contribution in [3.05, 3.63) is 54.4 Å². The molecule has 10 heteroatoms. The summed E-state index contributed by atoms with van der Waals surface area (Å²) in [6.45, 7) is 8.75. The lowest BCUT2D eigenvalue weighted by atomic mass is 9.91. The first-order valence-corrected chi connectivity index (χ1v) is 16.0. The molecule has 2 aromatic heterocycles. The third-order valence-corrected chi connectivity index (χ3v) is 8.72. The van der Waals surface area contributed by atoms with Crippen molar-refractivity contribution in [2.45, 2.75) is 108 Å². The summed E-state index contributed by atoms with van der Waals surface area (Å²) in [6, 6.07) is 11.7. The molecule has 1 saturated carbocycles. The normalized spacial score (nSPS) is 23.4. The van der Waals surface area contributed by atoms with Crippen LogP contribution in [-0.4, -0.2) is 67.3 Å². The summed E-state index contributed by atoms with van der Waals surface area (Å²) >= 11 is 0. The van der Waals surface area contributed by atoms with E-state index >= 15 is 0 Å². The van der Waals surface area contributed by atoms with Crippen LogP contribution in [0.4, 0.5) is 16.6 Å². The van der Waals surface area contributed by atoms with Gasteiger partial charge >= 0.3 is 6.09 Å². The first-order chi connectivity index (χ1) is 20.8. The van der Waals surface area contributed by atoms with E-state index < -0.39 is 5.60 Å². The van der Waals surface area contributed by atoms with Gasteiger partial charge in [0.2, 0.25) is 5.95 Å². The minimum atomic E-state index is -0.495. The minimum absolute atomic E-state index is 0.122. The molecule has 1 aromatic carbocycles. The van der Waals surface area contributed by atoms with Gasteiger partial charge in [0, 0.05) is 37.8 Å². The highest BCUT2D eigenvalue weighted by atomic mass is 16.6. The molecule has 1 aliphatic heterocycles. The lowest BCUT2D eigenvalue weighted by Crippen LogP contribution is -2.42. The summed E-state index contributed by atoms with van der Waals surface area (Å²) in [4.78, 5) is 29.6. The molecular weight excluding hydrogens is 540 g/mol. The number of anilines is 2. The largest absolute Gasteiger partial charge is 0.444 e. The van der Waals surface area contributed by atoms with E-state index in [1.54, 1.807) is 0 Å². The summed E-state index contributed by atoms with van der Waals surface area (Å²) in [6.07, 6.45) is 14.0. The van der Waals surface area contributed by atoms with Crippen molar-refractivity contribution >= 4 is 29.0 Å². The van der Waals surface area contributed by atoms with Crippen molar-refractivity contribution in [1.82, 2.24) is 29.7 Å². The predicted molar refractivity (Wildman–Crippen MR) is 170 cm³/mol. The van der Waals surface area contributed by atoms with Crippen LogP contribution in [0.3, 0.4) is 0 Å². The van der Waals surface area contributed by atoms with Crippen LogP contribution in [0.25, 0.3) is 11.2 Å². The van der Waals surface area contributed by atoms with Gasteiger partial charge < -0.3 is 25.3 Å². The predicted octanol–water partition coefficient (Wildman–Crippen LogP) is 6.04. The van der Waals surface area contributed by atoms with E-state index in [0.717, 1.165) is 88.0 Å². The molecule has 3 aromatic rings. The van der Waals surface area contributed by atoms with Crippen LogP contribution >= 0.6 is 0 Å². The quantitative estimate of drug-likeness (QED) is 0.274. The van der Waals surface area contributed by atoms with Crippen LogP contribution in [-0.2, 0) is 11.3 Å². The highest BCUT2D eigenvalue weighted by Crippen LogP contribution is 2.31. The van der Waals surface area contributed by atoms with Crippen molar-refractivity contribution in [1.29, 1.82) is 0 Å². The Kier molecular flexibility index (Phi) is 8.83. The third-order valence-electron chi connectivity index (χ3n) is 8.72. The average Bonchev–Trinajstić information content (AvgIpc) is 3.65. The molecule has 3 heterocycles. The van der Waals surface area contributed by atoms with E-state index in [2.05, 4.69) is 67.9 Å². The molecule has 2 aliphatic carbocycles. The van der Waals surface area contributed by atoms with Gasteiger partial charge in [-0.25, -0.2) is 9.78 Å². The topological polar surface area (TPSA) is 109 Å². The summed E-state index contributed by atoms with van der Waals surface area (Å²) < 4.78 is 7.64. The fourth-order valence-corrected chi connectivity index (χ4v) is 6.48. The summed E-state index contributed by atoms with van der Waals surface area (Å²) in [7, 11) is 0. The van der Waals surface area contributed by atoms with Crippen LogP contribution in [0, 0.1) is 0 Å². The fourth-order valence-electron chi connectivity index (χ4n) is 6.48. The monoisotopic (exact) mass is 586 g/mol. The molecule has 43 heavy (non-hydrogen) atoms. The first kappa shape index (κ1) is 29.4. The fraction of sp³-hybridized carbons (Fsp3) is 0.576. The second kappa shape index (κ2) is 12.9. The van der Waals surface area contributed by atoms with E-state index in [1.807, 2.05) is 27.1 Å². The smallest absolute Gasteiger partial charge is 0.407 e. The number of rotatable bonds is 8. The number of hydrogen-bond donors (Lipinski definition) is 3. The standard InChI is InChI=1S/C33H46N8O2/c1-33(2,3)43-32(42)37-25-15-13-24(14-16-25)36-31-38-29(28-30(39-31)41(22-34-28)27-11-7-8-12-27)35-26-17-19-40(20-18-26)21-23-9-5-4-6-10-23/h4-7,9-11,22,24-27H,8,12-21H2,1-3H3,(H,37,42)(H2,35,36,38,39). The number of carbonyl (C=O) groups is 1. The number of imidazole rings is 1. The maximum Gasteiger partial charge on any atom is 0.407 e. The third kappa shape index (κ3) is 7.65. The van der Waals surface area contributed by atoms with E-state index in [1.165, 1.54) is 5.56 Å². The number of piperidine rings is 1. The van der Waals surface area contributed by atoms with Crippen molar-refractivity contribution in [2.24, 2.45) is 0 Å². The Bertz CT molecular complexity index is 1400. The van der Waals surface area contributed by atoms with Crippen LogP contribution in [0.2, 0.25) is 0 Å². The summed E-state index contributed by atoms with van der Waals surface area (Å²) in [5.41, 5.74) is 2.58. The Morgan fingerprint density at radius 3 is 2.35 bits per heavy atom. The molecule has 1 unspecified atom stereocenters. The number of hydrogen-bond acceptors (Lipinski definition) is 8. The van der Waals surface area contributed by atoms with Gasteiger partial charge in [0.05, 0.1) is 12.4 Å². The maximum absolute atomic E-state index is 12.2. The SMILES string of the molecule is CC(C)(C)OC(=O)NC1CCC(Nc2nc(NC3CCN(Cc4ccccc4)CC3)c3ncn(C4C=CCC4)c3n2)CC1. The van der Waals surface area contributed by atoms with Crippen LogP contribution < -0.4 is 16.0 Å². The highest BCUT2D eigenvalue weighted by Gasteiger charge is 2.27. The second-order valence-electron chi connectivity index (χ2n) is 13.3. The molecule has 10 nitrogen and oxygen atoms in total. The Labute approximate surface area is 254 Å². The van der Waals surface area contributed by atoms with Crippen LogP contribution in [0.5, 0.6) is 0 Å². The Hall–Kier alpha value is -3.66. The number of allylic oxidation sites excluding steroid dienone is 2. The lowest BCUT2D eigenvalue weighted by Gasteiger charge is -2.33. The van der Waals surface area contributed by atoms with E-state index in [9.17, 15) is 4.79 Å². The number of likely N-dealkylation sites (tertiary alicyclic amines) is 1. The lowest BCUT2D eigenvalue weighted by molar-refractivity contribution is 0.0492. The van der Waals surface area contributed by atoms with Crippen molar-refractivity contribution in [3.8, 4) is 0 Å². The maximum atomic E-state index is 12.2. The molecule has 1 amide bonds. The number of fused-ring (bicyclic) bond motifs is 1. The average molecular weight is 587 g/mol. The number of nitrogens with zero attached hydrogens (tertiary/aromatic N) is 5. The van der Waals surface area contributed by atoms with Gasteiger partial charge in [0.25, 0.3) is 0 Å². The van der Waals surface area contributed by atoms with E-state index in [4.69, 9.17) is 19.7 Å². The summed E-state index contributed by atoms with van der Waals surface area (Å²) in [5.74, 6) is 1.46. The molecule has 0 radical (unpaired) electrons. The molecule has 3 aliphatic rings. The van der Waals surface area contributed by atoms with Gasteiger partial charge in [0.1, 0.15) is 5.60 Å². The zero-order chi connectivity index (χ0) is 29.8. The molecule has 3 N–H and O–H groups in total. The minimum Gasteiger partial charge on any atom is -0.444 e. The van der Waals surface area contributed by atoms with E-state index in [-0.39, 0.29) is 24.2 Å². The summed E-state index contributed by atoms with van der Waals surface area (Å²) in [5, 5.41) is 10.4. The Morgan fingerprint density at radius 1 is 0.930 bits per heavy atom. The van der Waals surface area contributed by atoms with Crippen LogP contribution in [0.15, 0.2) is 48.8 Å². The number of nitrogens with one attached hydrogen (secondary N) is 3.